The number of nitrogens with zero attached hydrogens (tertiary/aromatic N) is 1. The number of hydrogen-bond acceptors (Lipinski definition) is 4. The Balaban J connectivity index is 1.80. The summed E-state index contributed by atoms with van der Waals surface area (Å²) < 4.78 is 23.9. The second-order valence-electron chi connectivity index (χ2n) is 4.85. The molecule has 0 saturated heterocycles. The molecule has 1 atom stereocenters. The highest BCUT2D eigenvalue weighted by Crippen LogP contribution is 2.25. The molecule has 2 aromatic heterocycles. The number of rotatable bonds is 4. The third kappa shape index (κ3) is 2.87. The second-order valence-corrected chi connectivity index (χ2v) is 4.85. The van der Waals surface area contributed by atoms with Gasteiger partial charge >= 0.3 is 0 Å². The van der Waals surface area contributed by atoms with Crippen molar-refractivity contribution >= 4 is 11.0 Å². The molecule has 0 aliphatic carbocycles. The number of halogens is 1. The lowest BCUT2D eigenvalue weighted by Gasteiger charge is -2.08. The summed E-state index contributed by atoms with van der Waals surface area (Å²) in [6.07, 6.45) is 2.31. The molecule has 0 aliphatic rings. The number of aromatic nitrogens is 1. The zero-order chi connectivity index (χ0) is 14.8. The third-order valence-electron chi connectivity index (χ3n) is 3.33. The van der Waals surface area contributed by atoms with Gasteiger partial charge in [-0.1, -0.05) is 6.07 Å². The number of nitrogens with two attached hydrogens (primary N) is 1. The van der Waals surface area contributed by atoms with Gasteiger partial charge in [0.15, 0.2) is 0 Å². The molecular weight excluding hydrogens is 271 g/mol. The van der Waals surface area contributed by atoms with Gasteiger partial charge in [-0.05, 0) is 36.2 Å². The minimum absolute atomic E-state index is 0.289. The minimum Gasteiger partial charge on any atom is -0.481 e. The number of furan rings is 1. The quantitative estimate of drug-likeness (QED) is 0.800. The minimum atomic E-state index is -0.310. The molecule has 1 unspecified atom stereocenters. The van der Waals surface area contributed by atoms with Gasteiger partial charge in [-0.3, -0.25) is 0 Å². The summed E-state index contributed by atoms with van der Waals surface area (Å²) in [5, 5.41) is 0.716. The van der Waals surface area contributed by atoms with Crippen molar-refractivity contribution in [2.45, 2.75) is 12.5 Å². The molecule has 108 valence electrons. The highest BCUT2D eigenvalue weighted by Gasteiger charge is 2.13. The maximum atomic E-state index is 13.2. The Morgan fingerprint density at radius 3 is 2.86 bits per heavy atom. The van der Waals surface area contributed by atoms with Crippen molar-refractivity contribution in [3.05, 3.63) is 59.7 Å². The first-order chi connectivity index (χ1) is 10.2. The van der Waals surface area contributed by atoms with Crippen molar-refractivity contribution in [2.75, 3.05) is 7.11 Å². The van der Waals surface area contributed by atoms with Crippen molar-refractivity contribution in [3.8, 4) is 5.88 Å². The van der Waals surface area contributed by atoms with E-state index in [0.29, 0.717) is 29.0 Å². The highest BCUT2D eigenvalue weighted by atomic mass is 19.1. The predicted octanol–water partition coefficient (Wildman–Crippen LogP) is 3.22. The number of hydrogen-bond donors (Lipinski definition) is 1. The van der Waals surface area contributed by atoms with E-state index in [9.17, 15) is 4.39 Å². The topological polar surface area (TPSA) is 61.3 Å². The number of benzene rings is 1. The van der Waals surface area contributed by atoms with Gasteiger partial charge in [-0.2, -0.15) is 0 Å². The summed E-state index contributed by atoms with van der Waals surface area (Å²) >= 11 is 0. The van der Waals surface area contributed by atoms with E-state index in [1.807, 2.05) is 6.07 Å². The Morgan fingerprint density at radius 1 is 1.29 bits per heavy atom. The number of pyridine rings is 1. The smallest absolute Gasteiger partial charge is 0.212 e. The molecule has 0 spiro atoms. The van der Waals surface area contributed by atoms with Crippen LogP contribution in [0.4, 0.5) is 4.39 Å². The van der Waals surface area contributed by atoms with Crippen molar-refractivity contribution < 1.29 is 13.5 Å². The molecule has 0 amide bonds. The van der Waals surface area contributed by atoms with Crippen LogP contribution in [0.2, 0.25) is 0 Å². The van der Waals surface area contributed by atoms with Crippen LogP contribution in [-0.4, -0.2) is 12.1 Å². The van der Waals surface area contributed by atoms with Crippen LogP contribution >= 0.6 is 0 Å². The monoisotopic (exact) mass is 286 g/mol. The van der Waals surface area contributed by atoms with E-state index in [1.165, 1.54) is 12.1 Å². The molecule has 5 heteroatoms. The normalized spacial score (nSPS) is 12.5. The van der Waals surface area contributed by atoms with Gasteiger partial charge in [0.2, 0.25) is 5.88 Å². The first kappa shape index (κ1) is 13.6. The zero-order valence-electron chi connectivity index (χ0n) is 11.5. The molecule has 3 rings (SSSR count). The SMILES string of the molecule is COc1ccc(CC(N)c2cc3cc(F)ccc3o2)cn1. The van der Waals surface area contributed by atoms with Crippen LogP contribution in [0.5, 0.6) is 5.88 Å². The van der Waals surface area contributed by atoms with Crippen LogP contribution in [-0.2, 0) is 6.42 Å². The van der Waals surface area contributed by atoms with Crippen LogP contribution in [0.1, 0.15) is 17.4 Å². The summed E-state index contributed by atoms with van der Waals surface area (Å²) in [5.41, 5.74) is 7.77. The van der Waals surface area contributed by atoms with Gasteiger partial charge in [0.1, 0.15) is 17.2 Å². The average Bonchev–Trinajstić information content (AvgIpc) is 2.91. The van der Waals surface area contributed by atoms with Gasteiger partial charge in [-0.25, -0.2) is 9.37 Å². The van der Waals surface area contributed by atoms with Gasteiger partial charge in [0.05, 0.1) is 13.2 Å². The molecular formula is C16H15FN2O2. The molecule has 0 radical (unpaired) electrons. The van der Waals surface area contributed by atoms with E-state index >= 15 is 0 Å². The van der Waals surface area contributed by atoms with E-state index in [0.717, 1.165) is 5.56 Å². The fraction of sp³-hybridized carbons (Fsp3) is 0.188. The first-order valence-corrected chi connectivity index (χ1v) is 6.59. The van der Waals surface area contributed by atoms with E-state index in [1.54, 1.807) is 31.5 Å². The lowest BCUT2D eigenvalue weighted by molar-refractivity contribution is 0.397. The third-order valence-corrected chi connectivity index (χ3v) is 3.33. The molecule has 0 fully saturated rings. The molecule has 2 N–H and O–H groups in total. The molecule has 2 heterocycles. The highest BCUT2D eigenvalue weighted by molar-refractivity contribution is 5.78. The zero-order valence-corrected chi connectivity index (χ0v) is 11.5. The van der Waals surface area contributed by atoms with Crippen molar-refractivity contribution in [1.29, 1.82) is 0 Å². The standard InChI is InChI=1S/C16H15FN2O2/c1-20-16-5-2-10(9-19-16)6-13(18)15-8-11-7-12(17)3-4-14(11)21-15/h2-5,7-9,13H,6,18H2,1H3. The summed E-state index contributed by atoms with van der Waals surface area (Å²) in [5.74, 6) is 0.903. The summed E-state index contributed by atoms with van der Waals surface area (Å²) in [4.78, 5) is 4.14. The van der Waals surface area contributed by atoms with Crippen LogP contribution in [0.15, 0.2) is 47.0 Å². The molecule has 0 aliphatic heterocycles. The lowest BCUT2D eigenvalue weighted by atomic mass is 10.1. The first-order valence-electron chi connectivity index (χ1n) is 6.59. The maximum Gasteiger partial charge on any atom is 0.212 e. The van der Waals surface area contributed by atoms with Crippen LogP contribution in [0.25, 0.3) is 11.0 Å². The molecule has 3 aromatic rings. The van der Waals surface area contributed by atoms with Gasteiger partial charge in [-0.15, -0.1) is 0 Å². The number of ether oxygens (including phenoxy) is 1. The Kier molecular flexibility index (Phi) is 3.58. The van der Waals surface area contributed by atoms with Crippen molar-refractivity contribution in [1.82, 2.24) is 4.98 Å². The van der Waals surface area contributed by atoms with Gasteiger partial charge in [0, 0.05) is 17.6 Å². The van der Waals surface area contributed by atoms with E-state index in [-0.39, 0.29) is 11.9 Å². The van der Waals surface area contributed by atoms with Crippen LogP contribution < -0.4 is 10.5 Å². The second kappa shape index (κ2) is 5.54. The maximum absolute atomic E-state index is 13.2. The molecule has 1 aromatic carbocycles. The summed E-state index contributed by atoms with van der Waals surface area (Å²) in [7, 11) is 1.57. The fourth-order valence-electron chi connectivity index (χ4n) is 2.22. The van der Waals surface area contributed by atoms with Gasteiger partial charge in [0.25, 0.3) is 0 Å². The lowest BCUT2D eigenvalue weighted by Crippen LogP contribution is -2.12. The van der Waals surface area contributed by atoms with Crippen molar-refractivity contribution in [2.24, 2.45) is 5.73 Å². The largest absolute Gasteiger partial charge is 0.481 e. The Bertz CT molecular complexity index is 753. The molecule has 4 nitrogen and oxygen atoms in total. The van der Waals surface area contributed by atoms with E-state index in [4.69, 9.17) is 14.9 Å². The number of methoxy groups -OCH3 is 1. The molecule has 0 saturated carbocycles. The summed E-state index contributed by atoms with van der Waals surface area (Å²) in [6.45, 7) is 0. The number of fused-ring (bicyclic) bond motifs is 1. The average molecular weight is 286 g/mol. The Hall–Kier alpha value is -2.40. The predicted molar refractivity (Wildman–Crippen MR) is 77.6 cm³/mol. The Labute approximate surface area is 121 Å². The Morgan fingerprint density at radius 2 is 2.14 bits per heavy atom. The van der Waals surface area contributed by atoms with Crippen LogP contribution in [0.3, 0.4) is 0 Å². The van der Waals surface area contributed by atoms with E-state index in [2.05, 4.69) is 4.98 Å². The molecule has 0 bridgehead atoms. The fourth-order valence-corrected chi connectivity index (χ4v) is 2.22. The molecule has 21 heavy (non-hydrogen) atoms. The van der Waals surface area contributed by atoms with Gasteiger partial charge < -0.3 is 14.9 Å². The van der Waals surface area contributed by atoms with E-state index < -0.39 is 0 Å². The summed E-state index contributed by atoms with van der Waals surface area (Å²) in [6, 6.07) is 9.58. The van der Waals surface area contributed by atoms with Crippen LogP contribution in [0, 0.1) is 5.82 Å². The van der Waals surface area contributed by atoms with Crippen molar-refractivity contribution in [3.63, 3.8) is 0 Å².